The van der Waals surface area contributed by atoms with Gasteiger partial charge in [-0.05, 0) is 42.5 Å². The number of rotatable bonds is 4. The highest BCUT2D eigenvalue weighted by molar-refractivity contribution is 6.26. The van der Waals surface area contributed by atoms with Gasteiger partial charge in [0, 0.05) is 43.6 Å². The van der Waals surface area contributed by atoms with E-state index >= 15 is 0 Å². The van der Waals surface area contributed by atoms with Crippen molar-refractivity contribution < 1.29 is 4.42 Å². The van der Waals surface area contributed by atoms with Gasteiger partial charge in [-0.25, -0.2) is 4.98 Å². The number of benzene rings is 7. The quantitative estimate of drug-likeness (QED) is 0.190. The zero-order valence-corrected chi connectivity index (χ0v) is 27.2. The highest BCUT2D eigenvalue weighted by atomic mass is 16.3. The molecule has 0 unspecified atom stereocenters. The smallest absolute Gasteiger partial charge is 0.238 e. The Bertz CT molecular complexity index is 3140. The molecule has 238 valence electrons. The zero-order valence-electron chi connectivity index (χ0n) is 27.2. The Kier molecular flexibility index (Phi) is 5.86. The van der Waals surface area contributed by atoms with Crippen molar-refractivity contribution in [2.45, 2.75) is 0 Å². The minimum atomic E-state index is 0.542. The van der Waals surface area contributed by atoms with Gasteiger partial charge in [-0.2, -0.15) is 9.97 Å². The first-order chi connectivity index (χ1) is 25.3. The van der Waals surface area contributed by atoms with Gasteiger partial charge < -0.3 is 8.98 Å². The molecular weight excluding hydrogens is 627 g/mol. The van der Waals surface area contributed by atoms with Crippen molar-refractivity contribution in [3.8, 4) is 34.4 Å². The third kappa shape index (κ3) is 4.07. The van der Waals surface area contributed by atoms with Crippen molar-refractivity contribution in [1.82, 2.24) is 24.1 Å². The molecule has 0 aliphatic carbocycles. The highest BCUT2D eigenvalue weighted by Gasteiger charge is 2.23. The highest BCUT2D eigenvalue weighted by Crippen LogP contribution is 2.42. The molecule has 0 amide bonds. The van der Waals surface area contributed by atoms with Gasteiger partial charge in [0.25, 0.3) is 0 Å². The first-order valence-electron chi connectivity index (χ1n) is 17.0. The Morgan fingerprint density at radius 1 is 0.412 bits per heavy atom. The molecule has 0 aliphatic heterocycles. The average molecular weight is 654 g/mol. The number of aromatic nitrogens is 5. The van der Waals surface area contributed by atoms with Gasteiger partial charge in [0.15, 0.2) is 11.6 Å². The molecule has 0 bridgehead atoms. The number of fused-ring (bicyclic) bond motifs is 10. The van der Waals surface area contributed by atoms with E-state index in [2.05, 4.69) is 112 Å². The predicted octanol–water partition coefficient (Wildman–Crippen LogP) is 11.3. The maximum atomic E-state index is 6.48. The molecule has 51 heavy (non-hydrogen) atoms. The minimum Gasteiger partial charge on any atom is -0.455 e. The lowest BCUT2D eigenvalue weighted by Crippen LogP contribution is -2.06. The van der Waals surface area contributed by atoms with Gasteiger partial charge in [0.2, 0.25) is 5.95 Å². The van der Waals surface area contributed by atoms with E-state index in [4.69, 9.17) is 19.4 Å². The normalized spacial score (nSPS) is 11.9. The molecular formula is C45H27N5O. The summed E-state index contributed by atoms with van der Waals surface area (Å²) in [4.78, 5) is 15.6. The van der Waals surface area contributed by atoms with Crippen molar-refractivity contribution in [3.63, 3.8) is 0 Å². The van der Waals surface area contributed by atoms with Crippen LogP contribution in [0.5, 0.6) is 0 Å². The molecule has 0 fully saturated rings. The molecule has 7 aromatic carbocycles. The van der Waals surface area contributed by atoms with Crippen molar-refractivity contribution in [3.05, 3.63) is 164 Å². The molecule has 6 heteroatoms. The summed E-state index contributed by atoms with van der Waals surface area (Å²) in [7, 11) is 0. The van der Waals surface area contributed by atoms with E-state index in [0.717, 1.165) is 71.6 Å². The first kappa shape index (κ1) is 27.9. The third-order valence-electron chi connectivity index (χ3n) is 9.99. The van der Waals surface area contributed by atoms with E-state index in [9.17, 15) is 0 Å². The number of para-hydroxylation sites is 5. The zero-order chi connectivity index (χ0) is 33.5. The fourth-order valence-electron chi connectivity index (χ4n) is 7.79. The fraction of sp³-hybridized carbons (Fsp3) is 0. The summed E-state index contributed by atoms with van der Waals surface area (Å²) >= 11 is 0. The largest absolute Gasteiger partial charge is 0.455 e. The van der Waals surface area contributed by atoms with Crippen LogP contribution in [0.2, 0.25) is 0 Å². The van der Waals surface area contributed by atoms with Crippen LogP contribution in [-0.4, -0.2) is 24.1 Å². The van der Waals surface area contributed by atoms with Crippen molar-refractivity contribution in [2.24, 2.45) is 0 Å². The first-order valence-corrected chi connectivity index (χ1v) is 17.0. The molecule has 6 nitrogen and oxygen atoms in total. The van der Waals surface area contributed by atoms with Crippen LogP contribution in [0.4, 0.5) is 0 Å². The summed E-state index contributed by atoms with van der Waals surface area (Å²) in [5, 5.41) is 6.77. The Balaban J connectivity index is 1.26. The molecule has 11 aromatic rings. The average Bonchev–Trinajstić information content (AvgIpc) is 3.86. The van der Waals surface area contributed by atoms with Crippen LogP contribution < -0.4 is 0 Å². The van der Waals surface area contributed by atoms with E-state index in [-0.39, 0.29) is 0 Å². The van der Waals surface area contributed by atoms with Gasteiger partial charge in [-0.3, -0.25) is 4.57 Å². The second kappa shape index (κ2) is 10.7. The van der Waals surface area contributed by atoms with Crippen LogP contribution in [0, 0.1) is 0 Å². The Morgan fingerprint density at radius 2 is 1.06 bits per heavy atom. The number of hydrogen-bond donors (Lipinski definition) is 0. The van der Waals surface area contributed by atoms with Gasteiger partial charge >= 0.3 is 0 Å². The van der Waals surface area contributed by atoms with Crippen LogP contribution >= 0.6 is 0 Å². The monoisotopic (exact) mass is 653 g/mol. The molecule has 0 N–H and O–H groups in total. The molecule has 0 aliphatic rings. The summed E-state index contributed by atoms with van der Waals surface area (Å²) < 4.78 is 11.1. The van der Waals surface area contributed by atoms with E-state index in [1.165, 1.54) is 10.8 Å². The summed E-state index contributed by atoms with van der Waals surface area (Å²) in [6.45, 7) is 0. The lowest BCUT2D eigenvalue weighted by atomic mass is 10.1. The molecule has 0 saturated carbocycles. The maximum absolute atomic E-state index is 6.48. The van der Waals surface area contributed by atoms with E-state index in [1.807, 2.05) is 60.7 Å². The molecule has 4 aromatic heterocycles. The molecule has 0 saturated heterocycles. The van der Waals surface area contributed by atoms with Crippen LogP contribution in [0.1, 0.15) is 0 Å². The molecule has 4 heterocycles. The maximum Gasteiger partial charge on any atom is 0.238 e. The van der Waals surface area contributed by atoms with Gasteiger partial charge in [-0.15, -0.1) is 0 Å². The van der Waals surface area contributed by atoms with E-state index in [0.29, 0.717) is 17.6 Å². The van der Waals surface area contributed by atoms with Crippen molar-refractivity contribution in [2.75, 3.05) is 0 Å². The minimum absolute atomic E-state index is 0.542. The van der Waals surface area contributed by atoms with E-state index < -0.39 is 0 Å². The number of hydrogen-bond acceptors (Lipinski definition) is 4. The summed E-state index contributed by atoms with van der Waals surface area (Å²) in [6.07, 6.45) is 0. The van der Waals surface area contributed by atoms with Crippen LogP contribution in [0.25, 0.3) is 100.0 Å². The SMILES string of the molecule is c1ccc(-c2nc(-c3cccc4c3oc3ccccc34)nc(-n3c4ccccc4c4c3ccc3c5ccccc5n(-c5ccccc5)c34)n2)cc1. The van der Waals surface area contributed by atoms with Crippen LogP contribution in [-0.2, 0) is 0 Å². The number of nitrogens with zero attached hydrogens (tertiary/aromatic N) is 5. The van der Waals surface area contributed by atoms with Crippen molar-refractivity contribution in [1.29, 1.82) is 0 Å². The molecule has 11 rings (SSSR count). The van der Waals surface area contributed by atoms with Crippen LogP contribution in [0.3, 0.4) is 0 Å². The fourth-order valence-corrected chi connectivity index (χ4v) is 7.79. The lowest BCUT2D eigenvalue weighted by molar-refractivity contribution is 0.669. The molecule has 0 radical (unpaired) electrons. The lowest BCUT2D eigenvalue weighted by Gasteiger charge is -2.11. The van der Waals surface area contributed by atoms with Gasteiger partial charge in [0.05, 0.1) is 27.6 Å². The molecule has 0 atom stereocenters. The summed E-state index contributed by atoms with van der Waals surface area (Å²) in [5.41, 5.74) is 8.77. The topological polar surface area (TPSA) is 61.7 Å². The Hall–Kier alpha value is -7.05. The van der Waals surface area contributed by atoms with Gasteiger partial charge in [-0.1, -0.05) is 121 Å². The number of furan rings is 1. The summed E-state index contributed by atoms with van der Waals surface area (Å²) in [6, 6.07) is 56.7. The Morgan fingerprint density at radius 3 is 1.88 bits per heavy atom. The third-order valence-corrected chi connectivity index (χ3v) is 9.99. The van der Waals surface area contributed by atoms with E-state index in [1.54, 1.807) is 0 Å². The van der Waals surface area contributed by atoms with Gasteiger partial charge in [0.1, 0.15) is 11.2 Å². The summed E-state index contributed by atoms with van der Waals surface area (Å²) in [5.74, 6) is 1.68. The second-order valence-electron chi connectivity index (χ2n) is 12.8. The predicted molar refractivity (Wildman–Crippen MR) is 207 cm³/mol. The second-order valence-corrected chi connectivity index (χ2v) is 12.8. The standard InChI is InChI=1S/C45H27N5O/c1-3-14-28(15-4-1)43-46-44(35-22-13-21-33-31-19-9-12-25-39(31)51-42(33)35)48-45(47-43)50-37-24-11-8-20-34(37)40-38(50)27-26-32-30-18-7-10-23-36(30)49(41(32)40)29-16-5-2-6-17-29/h1-27H. The Labute approximate surface area is 291 Å². The molecule has 0 spiro atoms. The van der Waals surface area contributed by atoms with Crippen LogP contribution in [0.15, 0.2) is 168 Å². The van der Waals surface area contributed by atoms with Crippen molar-refractivity contribution >= 4 is 65.6 Å².